The highest BCUT2D eigenvalue weighted by Gasteiger charge is 2.29. The van der Waals surface area contributed by atoms with Crippen molar-refractivity contribution in [1.29, 1.82) is 0 Å². The van der Waals surface area contributed by atoms with Gasteiger partial charge in [-0.25, -0.2) is 8.42 Å². The molecule has 1 aliphatic heterocycles. The van der Waals surface area contributed by atoms with E-state index in [1.165, 1.54) is 4.31 Å². The molecule has 84 valence electrons. The Balaban J connectivity index is 2.80. The van der Waals surface area contributed by atoms with E-state index in [4.69, 9.17) is 5.11 Å². The van der Waals surface area contributed by atoms with Crippen LogP contribution < -0.4 is 0 Å². The number of rotatable bonds is 3. The molecule has 0 aromatic heterocycles. The minimum atomic E-state index is -3.22. The molecule has 0 bridgehead atoms. The van der Waals surface area contributed by atoms with E-state index < -0.39 is 10.0 Å². The van der Waals surface area contributed by atoms with Gasteiger partial charge >= 0.3 is 0 Å². The predicted molar refractivity (Wildman–Crippen MR) is 58.8 cm³/mol. The molecule has 0 radical (unpaired) electrons. The zero-order valence-electron chi connectivity index (χ0n) is 8.02. The van der Waals surface area contributed by atoms with Crippen molar-refractivity contribution >= 4 is 26.0 Å². The fraction of sp³-hybridized carbons (Fsp3) is 1.00. The third-order valence-corrected chi connectivity index (χ3v) is 5.74. The lowest BCUT2D eigenvalue weighted by Crippen LogP contribution is -2.42. The molecule has 1 N–H and O–H groups in total. The van der Waals surface area contributed by atoms with Crippen molar-refractivity contribution in [3.05, 3.63) is 0 Å². The van der Waals surface area contributed by atoms with E-state index in [9.17, 15) is 8.42 Å². The van der Waals surface area contributed by atoms with E-state index in [0.29, 0.717) is 6.54 Å². The summed E-state index contributed by atoms with van der Waals surface area (Å²) >= 11 is 2.98. The minimum Gasteiger partial charge on any atom is -0.395 e. The Kier molecular flexibility index (Phi) is 4.82. The lowest BCUT2D eigenvalue weighted by molar-refractivity contribution is 0.187. The summed E-state index contributed by atoms with van der Waals surface area (Å²) in [7, 11) is -3.22. The molecule has 0 saturated carbocycles. The van der Waals surface area contributed by atoms with Crippen LogP contribution in [0.4, 0.5) is 0 Å². The molecule has 1 heterocycles. The number of hydrogen-bond acceptors (Lipinski definition) is 3. The fourth-order valence-electron chi connectivity index (χ4n) is 1.76. The molecular weight excluding hydrogens is 270 g/mol. The van der Waals surface area contributed by atoms with Crippen molar-refractivity contribution in [2.75, 3.05) is 17.8 Å². The summed E-state index contributed by atoms with van der Waals surface area (Å²) < 4.78 is 24.7. The van der Waals surface area contributed by atoms with Crippen LogP contribution in [0.3, 0.4) is 0 Å². The van der Waals surface area contributed by atoms with Gasteiger partial charge in [-0.05, 0) is 12.8 Å². The second-order valence-electron chi connectivity index (χ2n) is 3.52. The van der Waals surface area contributed by atoms with Crippen LogP contribution in [-0.2, 0) is 10.0 Å². The standard InChI is InChI=1S/C8H16BrNO3S/c9-7-14(12,13)10-5-3-1-2-4-8(10)6-11/h8,11H,1-7H2. The van der Waals surface area contributed by atoms with Gasteiger partial charge in [0.25, 0.3) is 0 Å². The van der Waals surface area contributed by atoms with Crippen molar-refractivity contribution in [3.63, 3.8) is 0 Å². The maximum atomic E-state index is 11.6. The first kappa shape index (κ1) is 12.4. The average Bonchev–Trinajstić information content (AvgIpc) is 2.42. The van der Waals surface area contributed by atoms with E-state index in [1.54, 1.807) is 0 Å². The number of nitrogens with zero attached hydrogens (tertiary/aromatic N) is 1. The number of alkyl halides is 1. The van der Waals surface area contributed by atoms with Crippen LogP contribution in [-0.4, -0.2) is 41.7 Å². The van der Waals surface area contributed by atoms with E-state index in [2.05, 4.69) is 15.9 Å². The van der Waals surface area contributed by atoms with Crippen molar-refractivity contribution < 1.29 is 13.5 Å². The van der Waals surface area contributed by atoms with E-state index >= 15 is 0 Å². The molecule has 1 saturated heterocycles. The van der Waals surface area contributed by atoms with Crippen LogP contribution in [0.1, 0.15) is 25.7 Å². The van der Waals surface area contributed by atoms with Gasteiger partial charge in [0.15, 0.2) is 0 Å². The van der Waals surface area contributed by atoms with Gasteiger partial charge in [0.1, 0.15) is 4.66 Å². The third kappa shape index (κ3) is 2.92. The molecule has 0 aromatic carbocycles. The lowest BCUT2D eigenvalue weighted by atomic mass is 10.1. The minimum absolute atomic E-state index is 0.0590. The highest BCUT2D eigenvalue weighted by Crippen LogP contribution is 2.20. The van der Waals surface area contributed by atoms with Gasteiger partial charge in [-0.2, -0.15) is 4.31 Å². The molecule has 1 unspecified atom stereocenters. The summed E-state index contributed by atoms with van der Waals surface area (Å²) in [5, 5.41) is 9.12. The SMILES string of the molecule is O=S(=O)(CBr)N1CCCCCC1CO. The van der Waals surface area contributed by atoms with Crippen molar-refractivity contribution in [2.45, 2.75) is 31.7 Å². The van der Waals surface area contributed by atoms with Crippen LogP contribution >= 0.6 is 15.9 Å². The second-order valence-corrected chi connectivity index (χ2v) is 6.74. The molecule has 0 amide bonds. The van der Waals surface area contributed by atoms with Gasteiger partial charge in [-0.1, -0.05) is 28.8 Å². The zero-order valence-corrected chi connectivity index (χ0v) is 10.4. The van der Waals surface area contributed by atoms with Crippen LogP contribution in [0.5, 0.6) is 0 Å². The third-order valence-electron chi connectivity index (χ3n) is 2.53. The summed E-state index contributed by atoms with van der Waals surface area (Å²) in [4.78, 5) is 0. The number of halogens is 1. The molecular formula is C8H16BrNO3S. The Morgan fingerprint density at radius 3 is 2.64 bits per heavy atom. The fourth-order valence-corrected chi connectivity index (χ4v) is 3.71. The van der Waals surface area contributed by atoms with Crippen LogP contribution in [0.15, 0.2) is 0 Å². The first-order chi connectivity index (χ1) is 6.61. The van der Waals surface area contributed by atoms with Crippen LogP contribution in [0.25, 0.3) is 0 Å². The molecule has 0 spiro atoms. The maximum absolute atomic E-state index is 11.6. The van der Waals surface area contributed by atoms with E-state index in [0.717, 1.165) is 25.7 Å². The molecule has 6 heteroatoms. The number of aliphatic hydroxyl groups is 1. The molecule has 0 aliphatic carbocycles. The summed E-state index contributed by atoms with van der Waals surface area (Å²) in [6.45, 7) is 0.464. The average molecular weight is 286 g/mol. The van der Waals surface area contributed by atoms with Crippen LogP contribution in [0, 0.1) is 0 Å². The number of hydrogen-bond donors (Lipinski definition) is 1. The van der Waals surface area contributed by atoms with Crippen molar-refractivity contribution in [2.24, 2.45) is 0 Å². The molecule has 14 heavy (non-hydrogen) atoms. The summed E-state index contributed by atoms with van der Waals surface area (Å²) in [5.74, 6) is 0. The Hall–Kier alpha value is 0.350. The topological polar surface area (TPSA) is 57.6 Å². The quantitative estimate of drug-likeness (QED) is 0.784. The van der Waals surface area contributed by atoms with Gasteiger partial charge in [-0.3, -0.25) is 0 Å². The molecule has 1 atom stereocenters. The molecule has 4 nitrogen and oxygen atoms in total. The first-order valence-corrected chi connectivity index (χ1v) is 7.51. The van der Waals surface area contributed by atoms with Gasteiger partial charge in [0.05, 0.1) is 6.61 Å². The Morgan fingerprint density at radius 1 is 1.36 bits per heavy atom. The maximum Gasteiger partial charge on any atom is 0.224 e. The Bertz CT molecular complexity index is 268. The Morgan fingerprint density at radius 2 is 2.07 bits per heavy atom. The van der Waals surface area contributed by atoms with Gasteiger partial charge in [0.2, 0.25) is 10.0 Å². The molecule has 1 aliphatic rings. The van der Waals surface area contributed by atoms with E-state index in [-0.39, 0.29) is 17.3 Å². The van der Waals surface area contributed by atoms with E-state index in [1.807, 2.05) is 0 Å². The van der Waals surface area contributed by atoms with Gasteiger partial charge in [0, 0.05) is 12.6 Å². The van der Waals surface area contributed by atoms with Gasteiger partial charge in [-0.15, -0.1) is 0 Å². The first-order valence-electron chi connectivity index (χ1n) is 4.78. The molecule has 1 fully saturated rings. The summed E-state index contributed by atoms with van der Waals surface area (Å²) in [6, 6.07) is -0.222. The number of aliphatic hydroxyl groups excluding tert-OH is 1. The lowest BCUT2D eigenvalue weighted by Gasteiger charge is -2.26. The van der Waals surface area contributed by atoms with Crippen molar-refractivity contribution in [1.82, 2.24) is 4.31 Å². The summed E-state index contributed by atoms with van der Waals surface area (Å²) in [5.41, 5.74) is 0. The molecule has 1 rings (SSSR count). The number of sulfonamides is 1. The highest BCUT2D eigenvalue weighted by atomic mass is 79.9. The van der Waals surface area contributed by atoms with Crippen LogP contribution in [0.2, 0.25) is 0 Å². The monoisotopic (exact) mass is 285 g/mol. The highest BCUT2D eigenvalue weighted by molar-refractivity contribution is 9.10. The smallest absolute Gasteiger partial charge is 0.224 e. The zero-order chi connectivity index (χ0) is 10.6. The van der Waals surface area contributed by atoms with Crippen molar-refractivity contribution in [3.8, 4) is 0 Å². The Labute approximate surface area is 93.5 Å². The largest absolute Gasteiger partial charge is 0.395 e. The summed E-state index contributed by atoms with van der Waals surface area (Å²) in [6.07, 6.45) is 3.70. The predicted octanol–water partition coefficient (Wildman–Crippen LogP) is 0.906. The van der Waals surface area contributed by atoms with Gasteiger partial charge < -0.3 is 5.11 Å². The molecule has 0 aromatic rings. The second kappa shape index (κ2) is 5.44. The normalized spacial score (nSPS) is 26.0.